The number of benzene rings is 1. The zero-order valence-corrected chi connectivity index (χ0v) is 10.7. The van der Waals surface area contributed by atoms with Crippen molar-refractivity contribution in [1.29, 1.82) is 0 Å². The summed E-state index contributed by atoms with van der Waals surface area (Å²) in [4.78, 5) is 8.19. The van der Waals surface area contributed by atoms with Gasteiger partial charge in [-0.05, 0) is 18.6 Å². The molecule has 1 heterocycles. The van der Waals surface area contributed by atoms with Gasteiger partial charge in [-0.2, -0.15) is 0 Å². The van der Waals surface area contributed by atoms with Gasteiger partial charge >= 0.3 is 0 Å². The first-order valence-electron chi connectivity index (χ1n) is 5.48. The van der Waals surface area contributed by atoms with Crippen LogP contribution in [0.2, 0.25) is 5.02 Å². The Kier molecular flexibility index (Phi) is 3.96. The maximum Gasteiger partial charge on any atom is 0.148 e. The van der Waals surface area contributed by atoms with Crippen molar-refractivity contribution in [3.8, 4) is 0 Å². The van der Waals surface area contributed by atoms with E-state index in [1.165, 1.54) is 6.33 Å². The van der Waals surface area contributed by atoms with Gasteiger partial charge in [0.1, 0.15) is 18.0 Å². The second kappa shape index (κ2) is 5.66. The molecular formula is C12H14ClN5. The Morgan fingerprint density at radius 1 is 1.22 bits per heavy atom. The van der Waals surface area contributed by atoms with E-state index in [0.717, 1.165) is 22.0 Å². The average Bonchev–Trinajstić information content (AvgIpc) is 2.39. The monoisotopic (exact) mass is 263 g/mol. The van der Waals surface area contributed by atoms with Crippen LogP contribution in [0.5, 0.6) is 0 Å². The van der Waals surface area contributed by atoms with Crippen LogP contribution >= 0.6 is 11.6 Å². The summed E-state index contributed by atoms with van der Waals surface area (Å²) in [6.07, 6.45) is 1.46. The van der Waals surface area contributed by atoms with Crippen molar-refractivity contribution in [2.75, 3.05) is 10.7 Å². The highest BCUT2D eigenvalue weighted by atomic mass is 35.5. The van der Waals surface area contributed by atoms with Gasteiger partial charge in [0.2, 0.25) is 0 Å². The third kappa shape index (κ3) is 2.69. The summed E-state index contributed by atoms with van der Waals surface area (Å²) >= 11 is 6.08. The minimum absolute atomic E-state index is 0.599. The summed E-state index contributed by atoms with van der Waals surface area (Å²) in [6, 6.07) is 7.67. The van der Waals surface area contributed by atoms with Crippen molar-refractivity contribution in [3.63, 3.8) is 0 Å². The third-order valence-electron chi connectivity index (χ3n) is 2.62. The maximum absolute atomic E-state index is 6.08. The van der Waals surface area contributed by atoms with Crippen molar-refractivity contribution in [2.24, 2.45) is 5.84 Å². The smallest absolute Gasteiger partial charge is 0.148 e. The zero-order valence-electron chi connectivity index (χ0n) is 9.94. The molecule has 0 fully saturated rings. The van der Waals surface area contributed by atoms with Crippen LogP contribution in [0.25, 0.3) is 0 Å². The Hall–Kier alpha value is -1.85. The molecule has 94 valence electrons. The lowest BCUT2D eigenvalue weighted by molar-refractivity contribution is 1.05. The third-order valence-corrected chi connectivity index (χ3v) is 2.99. The molecule has 5 nitrogen and oxygen atoms in total. The summed E-state index contributed by atoms with van der Waals surface area (Å²) in [5.41, 5.74) is 4.41. The molecule has 0 amide bonds. The second-order valence-corrected chi connectivity index (χ2v) is 4.19. The molecule has 4 N–H and O–H groups in total. The average molecular weight is 264 g/mol. The number of nitrogens with zero attached hydrogens (tertiary/aromatic N) is 2. The first-order valence-corrected chi connectivity index (χ1v) is 5.85. The summed E-state index contributed by atoms with van der Waals surface area (Å²) in [5.74, 6) is 6.70. The van der Waals surface area contributed by atoms with Crippen LogP contribution in [-0.2, 0) is 6.54 Å². The van der Waals surface area contributed by atoms with Crippen LogP contribution in [0.1, 0.15) is 11.1 Å². The number of nitrogens with two attached hydrogens (primary N) is 1. The molecule has 6 heteroatoms. The molecule has 18 heavy (non-hydrogen) atoms. The van der Waals surface area contributed by atoms with E-state index < -0.39 is 0 Å². The predicted molar refractivity (Wildman–Crippen MR) is 73.4 cm³/mol. The van der Waals surface area contributed by atoms with Gasteiger partial charge in [0, 0.05) is 17.1 Å². The van der Waals surface area contributed by atoms with E-state index in [0.29, 0.717) is 12.4 Å². The van der Waals surface area contributed by atoms with E-state index in [4.69, 9.17) is 17.4 Å². The summed E-state index contributed by atoms with van der Waals surface area (Å²) in [7, 11) is 0. The number of nitrogen functional groups attached to an aromatic ring is 1. The number of hydrogen-bond acceptors (Lipinski definition) is 5. The van der Waals surface area contributed by atoms with Gasteiger partial charge in [-0.15, -0.1) is 0 Å². The lowest BCUT2D eigenvalue weighted by Gasteiger charge is -2.11. The van der Waals surface area contributed by atoms with Crippen LogP contribution in [0.4, 0.5) is 11.6 Å². The topological polar surface area (TPSA) is 75.9 Å². The first kappa shape index (κ1) is 12.6. The largest absolute Gasteiger partial charge is 0.366 e. The zero-order chi connectivity index (χ0) is 13.0. The van der Waals surface area contributed by atoms with Crippen LogP contribution in [0.3, 0.4) is 0 Å². The fourth-order valence-corrected chi connectivity index (χ4v) is 1.80. The Morgan fingerprint density at radius 3 is 2.67 bits per heavy atom. The summed E-state index contributed by atoms with van der Waals surface area (Å²) in [6.45, 7) is 2.49. The van der Waals surface area contributed by atoms with Crippen molar-refractivity contribution in [1.82, 2.24) is 9.97 Å². The van der Waals surface area contributed by atoms with Gasteiger partial charge in [0.15, 0.2) is 0 Å². The quantitative estimate of drug-likeness (QED) is 0.583. The van der Waals surface area contributed by atoms with Gasteiger partial charge in [-0.3, -0.25) is 0 Å². The number of nitrogens with one attached hydrogen (secondary N) is 2. The predicted octanol–water partition coefficient (Wildman–Crippen LogP) is 2.34. The molecule has 0 bridgehead atoms. The van der Waals surface area contributed by atoms with E-state index in [1.807, 2.05) is 31.2 Å². The molecule has 0 aliphatic heterocycles. The van der Waals surface area contributed by atoms with Crippen LogP contribution in [0, 0.1) is 6.92 Å². The van der Waals surface area contributed by atoms with E-state index >= 15 is 0 Å². The van der Waals surface area contributed by atoms with Gasteiger partial charge in [0.05, 0.1) is 0 Å². The molecule has 0 spiro atoms. The minimum Gasteiger partial charge on any atom is -0.366 e. The molecule has 0 saturated heterocycles. The molecule has 0 saturated carbocycles. The van der Waals surface area contributed by atoms with Crippen molar-refractivity contribution in [3.05, 3.63) is 46.7 Å². The molecule has 0 unspecified atom stereocenters. The summed E-state index contributed by atoms with van der Waals surface area (Å²) in [5, 5.41) is 3.94. The molecule has 2 aromatic rings. The lowest BCUT2D eigenvalue weighted by atomic mass is 10.2. The van der Waals surface area contributed by atoms with Gasteiger partial charge in [-0.1, -0.05) is 29.8 Å². The Labute approximate surface area is 110 Å². The fraction of sp³-hybridized carbons (Fsp3) is 0.167. The van der Waals surface area contributed by atoms with Gasteiger partial charge in [0.25, 0.3) is 0 Å². The van der Waals surface area contributed by atoms with Crippen LogP contribution < -0.4 is 16.6 Å². The van der Waals surface area contributed by atoms with E-state index in [-0.39, 0.29) is 0 Å². The molecule has 2 rings (SSSR count). The van der Waals surface area contributed by atoms with Crippen LogP contribution in [-0.4, -0.2) is 9.97 Å². The Bertz CT molecular complexity index is 544. The summed E-state index contributed by atoms with van der Waals surface area (Å²) < 4.78 is 0. The Balaban J connectivity index is 2.14. The molecule has 0 aliphatic carbocycles. The molecular weight excluding hydrogens is 250 g/mol. The van der Waals surface area contributed by atoms with E-state index in [2.05, 4.69) is 20.7 Å². The maximum atomic E-state index is 6.08. The normalized spacial score (nSPS) is 10.2. The lowest BCUT2D eigenvalue weighted by Crippen LogP contribution is -2.12. The highest BCUT2D eigenvalue weighted by Gasteiger charge is 2.06. The Morgan fingerprint density at radius 2 is 1.94 bits per heavy atom. The standard InChI is InChI=1S/C12H14ClN5/c1-8-11(16-7-17-12(8)18-14)15-6-9-4-2-3-5-10(9)13/h2-5,7H,6,14H2,1H3,(H2,15,16,17,18). The molecule has 0 radical (unpaired) electrons. The molecule has 1 aromatic carbocycles. The number of hydrogen-bond donors (Lipinski definition) is 3. The van der Waals surface area contributed by atoms with Crippen molar-refractivity contribution >= 4 is 23.2 Å². The fourth-order valence-electron chi connectivity index (χ4n) is 1.59. The molecule has 0 atom stereocenters. The van der Waals surface area contributed by atoms with E-state index in [1.54, 1.807) is 0 Å². The first-order chi connectivity index (χ1) is 8.72. The number of aromatic nitrogens is 2. The number of rotatable bonds is 4. The van der Waals surface area contributed by atoms with Crippen molar-refractivity contribution in [2.45, 2.75) is 13.5 Å². The number of hydrazine groups is 1. The van der Waals surface area contributed by atoms with Crippen LogP contribution in [0.15, 0.2) is 30.6 Å². The second-order valence-electron chi connectivity index (χ2n) is 3.79. The molecule has 0 aliphatic rings. The highest BCUT2D eigenvalue weighted by molar-refractivity contribution is 6.31. The minimum atomic E-state index is 0.599. The SMILES string of the molecule is Cc1c(NN)ncnc1NCc1ccccc1Cl. The van der Waals surface area contributed by atoms with Crippen molar-refractivity contribution < 1.29 is 0 Å². The number of anilines is 2. The highest BCUT2D eigenvalue weighted by Crippen LogP contribution is 2.20. The van der Waals surface area contributed by atoms with Gasteiger partial charge < -0.3 is 10.7 Å². The van der Waals surface area contributed by atoms with E-state index in [9.17, 15) is 0 Å². The molecule has 1 aromatic heterocycles. The number of halogens is 1. The van der Waals surface area contributed by atoms with Gasteiger partial charge in [-0.25, -0.2) is 15.8 Å².